The Morgan fingerprint density at radius 1 is 1.27 bits per heavy atom. The largest absolute Gasteiger partial charge is 0.477 e. The van der Waals surface area contributed by atoms with Gasteiger partial charge in [-0.25, -0.2) is 9.18 Å². The predicted molar refractivity (Wildman–Crippen MR) is 118 cm³/mol. The number of benzene rings is 1. The number of aromatic amines is 2. The van der Waals surface area contributed by atoms with Gasteiger partial charge < -0.3 is 15.1 Å². The van der Waals surface area contributed by atoms with E-state index in [4.69, 9.17) is 0 Å². The monoisotopic (exact) mass is 425 g/mol. The zero-order valence-corrected chi connectivity index (χ0v) is 17.9. The molecule has 0 spiro atoms. The number of hydrogen-bond acceptors (Lipinski definition) is 3. The van der Waals surface area contributed by atoms with E-state index in [1.54, 1.807) is 31.3 Å². The normalized spacial score (nSPS) is 20.1. The predicted octanol–water partition coefficient (Wildman–Crippen LogP) is 5.49. The molecule has 3 N–H and O–H groups in total. The third-order valence-corrected chi connectivity index (χ3v) is 7.04. The number of alkyl halides is 1. The summed E-state index contributed by atoms with van der Waals surface area (Å²) >= 11 is 1.57. The number of fused-ring (bicyclic) bond motifs is 4. The number of carboxylic acid groups (broad SMARTS) is 1. The Bertz CT molecular complexity index is 1230. The Kier molecular flexibility index (Phi) is 4.31. The molecule has 0 saturated heterocycles. The lowest BCUT2D eigenvalue weighted by atomic mass is 9.90. The van der Waals surface area contributed by atoms with Gasteiger partial charge in [0, 0.05) is 34.1 Å². The number of para-hydroxylation sites is 1. The van der Waals surface area contributed by atoms with Crippen molar-refractivity contribution in [2.45, 2.75) is 44.9 Å². The standard InChI is InChI=1S/C23H24FN3O2S/c1-12-8-14-13-6-4-5-7-15(13)26-20(14)21(27(12)11-23(2,3)24)19-9-16-18(30-19)10-17(25-16)22(28)29/h4-7,9-10,12,21,25-26H,8,11H2,1-3H3,(H,28,29)/t12-,21-/m1/s1. The number of nitrogens with zero attached hydrogens (tertiary/aromatic N) is 1. The topological polar surface area (TPSA) is 72.1 Å². The quantitative estimate of drug-likeness (QED) is 0.405. The second kappa shape index (κ2) is 6.68. The molecule has 4 heterocycles. The highest BCUT2D eigenvalue weighted by Crippen LogP contribution is 2.44. The van der Waals surface area contributed by atoms with E-state index < -0.39 is 11.6 Å². The van der Waals surface area contributed by atoms with Crippen molar-refractivity contribution in [3.05, 3.63) is 58.2 Å². The van der Waals surface area contributed by atoms with E-state index in [1.165, 1.54) is 10.9 Å². The van der Waals surface area contributed by atoms with Crippen LogP contribution in [0.3, 0.4) is 0 Å². The summed E-state index contributed by atoms with van der Waals surface area (Å²) in [6, 6.07) is 12.0. The number of nitrogens with one attached hydrogen (secondary N) is 2. The van der Waals surface area contributed by atoms with E-state index in [0.717, 1.165) is 32.7 Å². The van der Waals surface area contributed by atoms with Gasteiger partial charge in [-0.2, -0.15) is 0 Å². The van der Waals surface area contributed by atoms with E-state index in [2.05, 4.69) is 40.0 Å². The minimum atomic E-state index is -1.33. The number of hydrogen-bond donors (Lipinski definition) is 3. The van der Waals surface area contributed by atoms with Gasteiger partial charge in [-0.3, -0.25) is 4.90 Å². The van der Waals surface area contributed by atoms with Crippen LogP contribution in [0.15, 0.2) is 36.4 Å². The maximum atomic E-state index is 14.8. The molecule has 5 nitrogen and oxygen atoms in total. The van der Waals surface area contributed by atoms with Gasteiger partial charge in [-0.05, 0) is 51.0 Å². The molecule has 30 heavy (non-hydrogen) atoms. The van der Waals surface area contributed by atoms with Crippen molar-refractivity contribution < 1.29 is 14.3 Å². The second-order valence-corrected chi connectivity index (χ2v) is 9.94. The van der Waals surface area contributed by atoms with Crippen LogP contribution in [-0.2, 0) is 6.42 Å². The number of H-pyrrole nitrogens is 2. The van der Waals surface area contributed by atoms with Crippen LogP contribution in [0.5, 0.6) is 0 Å². The molecule has 0 bridgehead atoms. The zero-order chi connectivity index (χ0) is 21.2. The third kappa shape index (κ3) is 3.13. The van der Waals surface area contributed by atoms with Crippen LogP contribution in [0.1, 0.15) is 53.4 Å². The first-order chi connectivity index (χ1) is 14.2. The summed E-state index contributed by atoms with van der Waals surface area (Å²) in [5.41, 5.74) is 3.16. The lowest BCUT2D eigenvalue weighted by Crippen LogP contribution is -2.47. The first-order valence-corrected chi connectivity index (χ1v) is 10.9. The summed E-state index contributed by atoms with van der Waals surface area (Å²) in [5.74, 6) is -0.968. The number of halogens is 1. The molecule has 7 heteroatoms. The van der Waals surface area contributed by atoms with Crippen molar-refractivity contribution in [1.82, 2.24) is 14.9 Å². The van der Waals surface area contributed by atoms with Gasteiger partial charge in [0.2, 0.25) is 0 Å². The van der Waals surface area contributed by atoms with E-state index >= 15 is 0 Å². The van der Waals surface area contributed by atoms with Crippen molar-refractivity contribution in [2.24, 2.45) is 0 Å². The van der Waals surface area contributed by atoms with Crippen LogP contribution in [0.2, 0.25) is 0 Å². The Hall–Kier alpha value is -2.64. The summed E-state index contributed by atoms with van der Waals surface area (Å²) in [6.45, 7) is 5.72. The number of carbonyl (C=O) groups is 1. The minimum absolute atomic E-state index is 0.106. The Morgan fingerprint density at radius 2 is 2.03 bits per heavy atom. The molecule has 1 aromatic carbocycles. The summed E-state index contributed by atoms with van der Waals surface area (Å²) in [5, 5.41) is 10.5. The first kappa shape index (κ1) is 19.3. The fourth-order valence-electron chi connectivity index (χ4n) is 4.69. The van der Waals surface area contributed by atoms with Crippen LogP contribution < -0.4 is 0 Å². The molecule has 4 aromatic rings. The summed E-state index contributed by atoms with van der Waals surface area (Å²) in [4.78, 5) is 21.2. The van der Waals surface area contributed by atoms with Crippen molar-refractivity contribution >= 4 is 38.4 Å². The molecule has 156 valence electrons. The van der Waals surface area contributed by atoms with Crippen molar-refractivity contribution in [2.75, 3.05) is 6.54 Å². The number of carboxylic acids is 1. The van der Waals surface area contributed by atoms with Crippen molar-refractivity contribution in [3.8, 4) is 0 Å². The van der Waals surface area contributed by atoms with Crippen molar-refractivity contribution in [1.29, 1.82) is 0 Å². The highest BCUT2D eigenvalue weighted by Gasteiger charge is 2.39. The zero-order valence-electron chi connectivity index (χ0n) is 17.1. The fraction of sp³-hybridized carbons (Fsp3) is 0.348. The fourth-order valence-corrected chi connectivity index (χ4v) is 5.88. The van der Waals surface area contributed by atoms with Gasteiger partial charge >= 0.3 is 5.97 Å². The molecular weight excluding hydrogens is 401 g/mol. The molecule has 0 radical (unpaired) electrons. The molecule has 1 aliphatic heterocycles. The van der Waals surface area contributed by atoms with Crippen molar-refractivity contribution in [3.63, 3.8) is 0 Å². The van der Waals surface area contributed by atoms with Gasteiger partial charge in [0.05, 0.1) is 16.3 Å². The summed E-state index contributed by atoms with van der Waals surface area (Å²) < 4.78 is 15.7. The average Bonchev–Trinajstić information content (AvgIpc) is 3.32. The smallest absolute Gasteiger partial charge is 0.352 e. The van der Waals surface area contributed by atoms with Gasteiger partial charge in [0.1, 0.15) is 11.4 Å². The molecule has 1 aliphatic rings. The molecule has 0 fully saturated rings. The summed E-state index contributed by atoms with van der Waals surface area (Å²) in [6.07, 6.45) is 0.859. The second-order valence-electron chi connectivity index (χ2n) is 8.82. The number of aromatic nitrogens is 2. The molecule has 0 aliphatic carbocycles. The molecular formula is C23H24FN3O2S. The van der Waals surface area contributed by atoms with Gasteiger partial charge in [0.15, 0.2) is 0 Å². The molecule has 0 saturated carbocycles. The first-order valence-electron chi connectivity index (χ1n) is 10.1. The Balaban J connectivity index is 1.68. The number of aromatic carboxylic acids is 1. The Labute approximate surface area is 177 Å². The van der Waals surface area contributed by atoms with Crippen LogP contribution in [0.4, 0.5) is 4.39 Å². The molecule has 0 unspecified atom stereocenters. The maximum Gasteiger partial charge on any atom is 0.352 e. The van der Waals surface area contributed by atoms with E-state index in [1.807, 2.05) is 12.1 Å². The maximum absolute atomic E-state index is 14.8. The van der Waals surface area contributed by atoms with Crippen LogP contribution in [-0.4, -0.2) is 44.2 Å². The highest BCUT2D eigenvalue weighted by atomic mass is 32.1. The minimum Gasteiger partial charge on any atom is -0.477 e. The van der Waals surface area contributed by atoms with E-state index in [9.17, 15) is 14.3 Å². The SMILES string of the molecule is C[C@@H]1Cc2c([nH]c3ccccc23)[C@@H](c2cc3[nH]c(C(=O)O)cc3s2)N1CC(C)(C)F. The number of thiophene rings is 1. The lowest BCUT2D eigenvalue weighted by molar-refractivity contribution is 0.0677. The van der Waals surface area contributed by atoms with E-state index in [-0.39, 0.29) is 17.8 Å². The van der Waals surface area contributed by atoms with Gasteiger partial charge in [-0.1, -0.05) is 18.2 Å². The lowest BCUT2D eigenvalue weighted by Gasteiger charge is -2.42. The molecule has 5 rings (SSSR count). The molecule has 3 aromatic heterocycles. The third-order valence-electron chi connectivity index (χ3n) is 5.90. The van der Waals surface area contributed by atoms with Gasteiger partial charge in [0.25, 0.3) is 0 Å². The highest BCUT2D eigenvalue weighted by molar-refractivity contribution is 7.19. The van der Waals surface area contributed by atoms with Crippen LogP contribution >= 0.6 is 11.3 Å². The Morgan fingerprint density at radius 3 is 2.73 bits per heavy atom. The average molecular weight is 426 g/mol. The number of rotatable bonds is 4. The summed E-state index contributed by atoms with van der Waals surface area (Å²) in [7, 11) is 0. The van der Waals surface area contributed by atoms with Gasteiger partial charge in [-0.15, -0.1) is 11.3 Å². The van der Waals surface area contributed by atoms with Crippen LogP contribution in [0.25, 0.3) is 21.1 Å². The molecule has 0 amide bonds. The van der Waals surface area contributed by atoms with E-state index in [0.29, 0.717) is 6.54 Å². The molecule has 2 atom stereocenters. The van der Waals surface area contributed by atoms with Crippen LogP contribution in [0, 0.1) is 0 Å².